The van der Waals surface area contributed by atoms with Gasteiger partial charge in [0.15, 0.2) is 0 Å². The highest BCUT2D eigenvalue weighted by atomic mass is 32.1. The monoisotopic (exact) mass is 446 g/mol. The predicted molar refractivity (Wildman–Crippen MR) is 106 cm³/mol. The summed E-state index contributed by atoms with van der Waals surface area (Å²) in [5.41, 5.74) is 15.5. The number of carboxylic acids is 1. The van der Waals surface area contributed by atoms with Crippen LogP contribution in [0.2, 0.25) is 0 Å². The van der Waals surface area contributed by atoms with E-state index in [2.05, 4.69) is 23.3 Å². The van der Waals surface area contributed by atoms with E-state index in [-0.39, 0.29) is 18.7 Å². The molecule has 168 valence electrons. The summed E-state index contributed by atoms with van der Waals surface area (Å²) in [6, 6.07) is -4.90. The van der Waals surface area contributed by atoms with Crippen molar-refractivity contribution in [1.82, 2.24) is 15.5 Å². The zero-order valence-electron chi connectivity index (χ0n) is 16.1. The normalized spacial score (nSPS) is 18.7. The number of aliphatic carboxylic acids is 1. The van der Waals surface area contributed by atoms with Gasteiger partial charge in [-0.1, -0.05) is 0 Å². The molecule has 1 saturated heterocycles. The van der Waals surface area contributed by atoms with Crippen LogP contribution in [0.15, 0.2) is 0 Å². The number of nitrogens with zero attached hydrogens (tertiary/aromatic N) is 1. The molecule has 4 atom stereocenters. The summed E-state index contributed by atoms with van der Waals surface area (Å²) < 4.78 is 0. The Kier molecular flexibility index (Phi) is 9.52. The molecule has 1 fully saturated rings. The average Bonchev–Trinajstić information content (AvgIpc) is 3.13. The Balaban J connectivity index is 2.84. The summed E-state index contributed by atoms with van der Waals surface area (Å²) in [4.78, 5) is 71.7. The number of carbonyl (C=O) groups is 6. The third kappa shape index (κ3) is 7.18. The van der Waals surface area contributed by atoms with Gasteiger partial charge in [0.25, 0.3) is 0 Å². The van der Waals surface area contributed by atoms with E-state index in [9.17, 15) is 28.8 Å². The molecule has 9 N–H and O–H groups in total. The smallest absolute Gasteiger partial charge is 0.326 e. The Morgan fingerprint density at radius 1 is 1.03 bits per heavy atom. The Morgan fingerprint density at radius 3 is 2.13 bits per heavy atom. The van der Waals surface area contributed by atoms with Crippen LogP contribution in [0.3, 0.4) is 0 Å². The first-order valence-corrected chi connectivity index (χ1v) is 9.68. The van der Waals surface area contributed by atoms with E-state index >= 15 is 0 Å². The number of amides is 5. The zero-order valence-corrected chi connectivity index (χ0v) is 17.0. The SMILES string of the molecule is NC(=O)CC(N)C(=O)NC(CS)C(=O)N1CCCC1C(=O)NC(CC(N)=O)C(=O)O. The van der Waals surface area contributed by atoms with E-state index in [4.69, 9.17) is 22.3 Å². The summed E-state index contributed by atoms with van der Waals surface area (Å²) in [6.07, 6.45) is -0.292. The van der Waals surface area contributed by atoms with Gasteiger partial charge in [0, 0.05) is 12.3 Å². The summed E-state index contributed by atoms with van der Waals surface area (Å²) >= 11 is 4.04. The molecule has 0 radical (unpaired) electrons. The van der Waals surface area contributed by atoms with Crippen molar-refractivity contribution < 1.29 is 33.9 Å². The highest BCUT2D eigenvalue weighted by Gasteiger charge is 2.39. The molecule has 1 aliphatic heterocycles. The third-order valence-electron chi connectivity index (χ3n) is 4.41. The maximum absolute atomic E-state index is 12.8. The van der Waals surface area contributed by atoms with Gasteiger partial charge in [-0.15, -0.1) is 0 Å². The Hall–Kier alpha value is -2.87. The van der Waals surface area contributed by atoms with Gasteiger partial charge in [-0.3, -0.25) is 24.0 Å². The van der Waals surface area contributed by atoms with Crippen LogP contribution >= 0.6 is 12.6 Å². The highest BCUT2D eigenvalue weighted by molar-refractivity contribution is 7.80. The lowest BCUT2D eigenvalue weighted by Gasteiger charge is -2.29. The lowest BCUT2D eigenvalue weighted by atomic mass is 10.1. The van der Waals surface area contributed by atoms with Gasteiger partial charge < -0.3 is 37.8 Å². The number of hydrogen-bond donors (Lipinski definition) is 7. The van der Waals surface area contributed by atoms with Crippen LogP contribution in [0.25, 0.3) is 0 Å². The molecular weight excluding hydrogens is 420 g/mol. The van der Waals surface area contributed by atoms with E-state index in [1.165, 1.54) is 4.90 Å². The van der Waals surface area contributed by atoms with E-state index in [1.807, 2.05) is 0 Å². The van der Waals surface area contributed by atoms with Crippen LogP contribution in [-0.4, -0.2) is 82.0 Å². The number of primary amides is 2. The number of rotatable bonds is 11. The maximum atomic E-state index is 12.8. The second kappa shape index (κ2) is 11.3. The van der Waals surface area contributed by atoms with Crippen LogP contribution in [0, 0.1) is 0 Å². The molecule has 0 spiro atoms. The number of hydrogen-bond acceptors (Lipinski definition) is 8. The van der Waals surface area contributed by atoms with Crippen molar-refractivity contribution in [2.45, 2.75) is 49.9 Å². The minimum absolute atomic E-state index is 0.113. The molecule has 0 bridgehead atoms. The van der Waals surface area contributed by atoms with Crippen molar-refractivity contribution in [2.75, 3.05) is 12.3 Å². The first kappa shape index (κ1) is 25.2. The molecule has 5 amide bonds. The number of nitrogens with one attached hydrogen (secondary N) is 2. The molecule has 30 heavy (non-hydrogen) atoms. The van der Waals surface area contributed by atoms with Crippen LogP contribution in [0.4, 0.5) is 0 Å². The highest BCUT2D eigenvalue weighted by Crippen LogP contribution is 2.19. The molecule has 1 heterocycles. The van der Waals surface area contributed by atoms with E-state index in [0.717, 1.165) is 0 Å². The molecular formula is C16H26N6O7S. The number of carboxylic acid groups (broad SMARTS) is 1. The van der Waals surface area contributed by atoms with Gasteiger partial charge in [0.05, 0.1) is 18.9 Å². The minimum atomic E-state index is -1.53. The van der Waals surface area contributed by atoms with Gasteiger partial charge in [-0.2, -0.15) is 12.6 Å². The van der Waals surface area contributed by atoms with Crippen LogP contribution < -0.4 is 27.8 Å². The van der Waals surface area contributed by atoms with Crippen LogP contribution in [0.5, 0.6) is 0 Å². The fourth-order valence-corrected chi connectivity index (χ4v) is 3.19. The fourth-order valence-electron chi connectivity index (χ4n) is 2.95. The molecule has 0 aromatic heterocycles. The second-order valence-corrected chi connectivity index (χ2v) is 7.15. The van der Waals surface area contributed by atoms with Crippen molar-refractivity contribution >= 4 is 48.1 Å². The standard InChI is InChI=1S/C16H26N6O7S/c17-7(4-11(18)23)13(25)21-9(6-30)15(27)22-3-1-2-10(22)14(26)20-8(16(28)29)5-12(19)24/h7-10,30H,1-6,17H2,(H2,18,23)(H2,19,24)(H,20,26)(H,21,25)(H,28,29). The molecule has 1 aliphatic rings. The number of carbonyl (C=O) groups excluding carboxylic acids is 5. The van der Waals surface area contributed by atoms with Crippen molar-refractivity contribution in [1.29, 1.82) is 0 Å². The summed E-state index contributed by atoms with van der Waals surface area (Å²) in [6.45, 7) is 0.192. The summed E-state index contributed by atoms with van der Waals surface area (Å²) in [5.74, 6) is -5.42. The van der Waals surface area contributed by atoms with E-state index in [0.29, 0.717) is 6.42 Å². The molecule has 0 saturated carbocycles. The van der Waals surface area contributed by atoms with Crippen molar-refractivity contribution in [3.63, 3.8) is 0 Å². The first-order valence-electron chi connectivity index (χ1n) is 9.05. The van der Waals surface area contributed by atoms with Gasteiger partial charge in [0.1, 0.15) is 18.1 Å². The van der Waals surface area contributed by atoms with Crippen molar-refractivity contribution in [3.8, 4) is 0 Å². The quantitative estimate of drug-likeness (QED) is 0.154. The lowest BCUT2D eigenvalue weighted by Crippen LogP contribution is -2.57. The summed E-state index contributed by atoms with van der Waals surface area (Å²) in [5, 5.41) is 13.7. The van der Waals surface area contributed by atoms with Gasteiger partial charge in [-0.05, 0) is 12.8 Å². The van der Waals surface area contributed by atoms with Crippen molar-refractivity contribution in [3.05, 3.63) is 0 Å². The third-order valence-corrected chi connectivity index (χ3v) is 4.78. The molecule has 0 aromatic rings. The van der Waals surface area contributed by atoms with E-state index in [1.54, 1.807) is 0 Å². The van der Waals surface area contributed by atoms with Gasteiger partial charge >= 0.3 is 5.97 Å². The largest absolute Gasteiger partial charge is 0.480 e. The fraction of sp³-hybridized carbons (Fsp3) is 0.625. The Bertz CT molecular complexity index is 718. The number of thiol groups is 1. The van der Waals surface area contributed by atoms with E-state index < -0.39 is 72.5 Å². The van der Waals surface area contributed by atoms with Gasteiger partial charge in [-0.25, -0.2) is 4.79 Å². The molecule has 0 aliphatic carbocycles. The second-order valence-electron chi connectivity index (χ2n) is 6.78. The van der Waals surface area contributed by atoms with Gasteiger partial charge in [0.2, 0.25) is 29.5 Å². The zero-order chi connectivity index (χ0) is 23.0. The number of nitrogens with two attached hydrogens (primary N) is 3. The summed E-state index contributed by atoms with van der Waals surface area (Å²) in [7, 11) is 0. The predicted octanol–water partition coefficient (Wildman–Crippen LogP) is -3.96. The average molecular weight is 446 g/mol. The topological polar surface area (TPSA) is 228 Å². The van der Waals surface area contributed by atoms with Crippen LogP contribution in [-0.2, 0) is 28.8 Å². The number of likely N-dealkylation sites (tertiary alicyclic amines) is 1. The lowest BCUT2D eigenvalue weighted by molar-refractivity contribution is -0.145. The maximum Gasteiger partial charge on any atom is 0.326 e. The molecule has 1 rings (SSSR count). The molecule has 0 aromatic carbocycles. The molecule has 13 nitrogen and oxygen atoms in total. The molecule has 14 heteroatoms. The van der Waals surface area contributed by atoms with Crippen LogP contribution in [0.1, 0.15) is 25.7 Å². The van der Waals surface area contributed by atoms with Crippen molar-refractivity contribution in [2.24, 2.45) is 17.2 Å². The Labute approximate surface area is 177 Å². The first-order chi connectivity index (χ1) is 14.0. The molecule has 4 unspecified atom stereocenters. The minimum Gasteiger partial charge on any atom is -0.480 e. The Morgan fingerprint density at radius 2 is 1.63 bits per heavy atom.